The molecule has 0 spiro atoms. The molecule has 28 heavy (non-hydrogen) atoms. The molecule has 0 saturated carbocycles. The van der Waals surface area contributed by atoms with E-state index >= 15 is 0 Å². The summed E-state index contributed by atoms with van der Waals surface area (Å²) in [6, 6.07) is 15.5. The Bertz CT molecular complexity index is 1020. The molecule has 0 radical (unpaired) electrons. The van der Waals surface area contributed by atoms with E-state index in [1.54, 1.807) is 17.0 Å². The largest absolute Gasteiger partial charge is 0.451 e. The van der Waals surface area contributed by atoms with Crippen LogP contribution < -0.4 is 0 Å². The fourth-order valence-electron chi connectivity index (χ4n) is 2.71. The van der Waals surface area contributed by atoms with Crippen LogP contribution in [-0.4, -0.2) is 34.9 Å². The van der Waals surface area contributed by atoms with Crippen LogP contribution in [0.2, 0.25) is 0 Å². The fourth-order valence-corrected chi connectivity index (χ4v) is 3.65. The van der Waals surface area contributed by atoms with E-state index in [0.717, 1.165) is 10.3 Å². The number of carbonyl (C=O) groups excluding carboxylic acids is 2. The summed E-state index contributed by atoms with van der Waals surface area (Å²) < 4.78 is 5.90. The predicted molar refractivity (Wildman–Crippen MR) is 106 cm³/mol. The number of non-ortho nitro benzene ring substituents is 1. The van der Waals surface area contributed by atoms with Crippen molar-refractivity contribution in [1.82, 2.24) is 4.90 Å². The Hall–Kier alpha value is -3.26. The SMILES string of the molecule is CCN(Cc1ccccc1)C(=O)COC(=O)c1cc2cc([N+](=O)[O-])ccc2s1. The number of ether oxygens (including phenoxy) is 1. The molecule has 0 aliphatic heterocycles. The maximum Gasteiger partial charge on any atom is 0.348 e. The molecule has 144 valence electrons. The van der Waals surface area contributed by atoms with Gasteiger partial charge in [0.2, 0.25) is 0 Å². The molecule has 0 aliphatic carbocycles. The number of amides is 1. The van der Waals surface area contributed by atoms with Gasteiger partial charge >= 0.3 is 5.97 Å². The van der Waals surface area contributed by atoms with Crippen LogP contribution in [0.1, 0.15) is 22.2 Å². The first-order valence-corrected chi connectivity index (χ1v) is 9.46. The first kappa shape index (κ1) is 19.5. The van der Waals surface area contributed by atoms with Gasteiger partial charge in [0.15, 0.2) is 6.61 Å². The molecule has 1 heterocycles. The predicted octanol–water partition coefficient (Wildman–Crippen LogP) is 4.02. The third-order valence-corrected chi connectivity index (χ3v) is 5.29. The molecular weight excluding hydrogens is 380 g/mol. The number of nitro groups is 1. The van der Waals surface area contributed by atoms with Crippen LogP contribution in [0.3, 0.4) is 0 Å². The number of thiophene rings is 1. The van der Waals surface area contributed by atoms with Crippen molar-refractivity contribution in [1.29, 1.82) is 0 Å². The van der Waals surface area contributed by atoms with Gasteiger partial charge in [-0.15, -0.1) is 11.3 Å². The molecule has 7 nitrogen and oxygen atoms in total. The number of nitro benzene ring substituents is 1. The van der Waals surface area contributed by atoms with Gasteiger partial charge in [-0.2, -0.15) is 0 Å². The van der Waals surface area contributed by atoms with Crippen molar-refractivity contribution in [3.05, 3.63) is 75.2 Å². The van der Waals surface area contributed by atoms with Crippen molar-refractivity contribution < 1.29 is 19.2 Å². The highest BCUT2D eigenvalue weighted by molar-refractivity contribution is 7.20. The van der Waals surface area contributed by atoms with E-state index in [1.807, 2.05) is 37.3 Å². The van der Waals surface area contributed by atoms with Crippen LogP contribution >= 0.6 is 11.3 Å². The molecule has 8 heteroatoms. The van der Waals surface area contributed by atoms with Crippen molar-refractivity contribution in [2.45, 2.75) is 13.5 Å². The number of carbonyl (C=O) groups is 2. The number of esters is 1. The first-order chi connectivity index (χ1) is 13.5. The zero-order valence-electron chi connectivity index (χ0n) is 15.2. The average molecular weight is 398 g/mol. The van der Waals surface area contributed by atoms with E-state index in [9.17, 15) is 19.7 Å². The lowest BCUT2D eigenvalue weighted by Gasteiger charge is -2.20. The Balaban J connectivity index is 1.63. The summed E-state index contributed by atoms with van der Waals surface area (Å²) in [7, 11) is 0. The molecular formula is C20H18N2O5S. The van der Waals surface area contributed by atoms with Gasteiger partial charge in [0.1, 0.15) is 4.88 Å². The highest BCUT2D eigenvalue weighted by Gasteiger charge is 2.18. The smallest absolute Gasteiger partial charge is 0.348 e. The maximum absolute atomic E-state index is 12.4. The highest BCUT2D eigenvalue weighted by Crippen LogP contribution is 2.29. The van der Waals surface area contributed by atoms with Gasteiger partial charge in [-0.3, -0.25) is 14.9 Å². The average Bonchev–Trinajstić information content (AvgIpc) is 3.14. The normalized spacial score (nSPS) is 10.6. The van der Waals surface area contributed by atoms with Crippen LogP contribution in [0.25, 0.3) is 10.1 Å². The van der Waals surface area contributed by atoms with Gasteiger partial charge in [-0.05, 0) is 24.6 Å². The second kappa shape index (κ2) is 8.62. The van der Waals surface area contributed by atoms with E-state index in [0.29, 0.717) is 23.4 Å². The molecule has 0 atom stereocenters. The van der Waals surface area contributed by atoms with Crippen LogP contribution in [0, 0.1) is 10.1 Å². The number of rotatable bonds is 7. The van der Waals surface area contributed by atoms with Crippen molar-refractivity contribution in [2.75, 3.05) is 13.2 Å². The molecule has 0 unspecified atom stereocenters. The number of nitrogens with zero attached hydrogens (tertiary/aromatic N) is 2. The van der Waals surface area contributed by atoms with Gasteiger partial charge in [0.25, 0.3) is 11.6 Å². The number of likely N-dealkylation sites (N-methyl/N-ethyl adjacent to an activating group) is 1. The minimum atomic E-state index is -0.618. The van der Waals surface area contributed by atoms with Crippen LogP contribution in [-0.2, 0) is 16.1 Å². The highest BCUT2D eigenvalue weighted by atomic mass is 32.1. The van der Waals surface area contributed by atoms with E-state index < -0.39 is 10.9 Å². The molecule has 2 aromatic carbocycles. The van der Waals surface area contributed by atoms with Crippen molar-refractivity contribution >= 4 is 39.0 Å². The Labute approximate surface area is 165 Å². The first-order valence-electron chi connectivity index (χ1n) is 8.64. The monoisotopic (exact) mass is 398 g/mol. The molecule has 0 aliphatic rings. The molecule has 1 aromatic heterocycles. The number of hydrogen-bond acceptors (Lipinski definition) is 6. The summed E-state index contributed by atoms with van der Waals surface area (Å²) in [5, 5.41) is 11.5. The van der Waals surface area contributed by atoms with Gasteiger partial charge in [-0.1, -0.05) is 30.3 Å². The lowest BCUT2D eigenvalue weighted by molar-refractivity contribution is -0.384. The quantitative estimate of drug-likeness (QED) is 0.341. The summed E-state index contributed by atoms with van der Waals surface area (Å²) in [4.78, 5) is 37.0. The fraction of sp³-hybridized carbons (Fsp3) is 0.200. The second-order valence-electron chi connectivity index (χ2n) is 6.06. The molecule has 0 bridgehead atoms. The van der Waals surface area contributed by atoms with Gasteiger partial charge < -0.3 is 9.64 Å². The van der Waals surface area contributed by atoms with Gasteiger partial charge in [0.05, 0.1) is 4.92 Å². The van der Waals surface area contributed by atoms with Gasteiger partial charge in [0, 0.05) is 35.3 Å². The molecule has 0 saturated heterocycles. The topological polar surface area (TPSA) is 89.8 Å². The number of fused-ring (bicyclic) bond motifs is 1. The molecule has 3 aromatic rings. The third-order valence-electron chi connectivity index (χ3n) is 4.19. The number of hydrogen-bond donors (Lipinski definition) is 0. The van der Waals surface area contributed by atoms with Crippen molar-refractivity contribution in [2.24, 2.45) is 0 Å². The van der Waals surface area contributed by atoms with E-state index in [1.165, 1.54) is 23.5 Å². The minimum absolute atomic E-state index is 0.0418. The summed E-state index contributed by atoms with van der Waals surface area (Å²) in [5.41, 5.74) is 0.954. The Morgan fingerprint density at radius 2 is 1.89 bits per heavy atom. The maximum atomic E-state index is 12.4. The van der Waals surface area contributed by atoms with Crippen molar-refractivity contribution in [3.63, 3.8) is 0 Å². The lowest BCUT2D eigenvalue weighted by atomic mass is 10.2. The van der Waals surface area contributed by atoms with Crippen molar-refractivity contribution in [3.8, 4) is 0 Å². The zero-order valence-corrected chi connectivity index (χ0v) is 16.0. The van der Waals surface area contributed by atoms with E-state index in [4.69, 9.17) is 4.74 Å². The minimum Gasteiger partial charge on any atom is -0.451 e. The Kier molecular flexibility index (Phi) is 6.00. The molecule has 3 rings (SSSR count). The lowest BCUT2D eigenvalue weighted by Crippen LogP contribution is -2.34. The zero-order chi connectivity index (χ0) is 20.1. The summed E-state index contributed by atoms with van der Waals surface area (Å²) in [6.07, 6.45) is 0. The van der Waals surface area contributed by atoms with Crippen LogP contribution in [0.4, 0.5) is 5.69 Å². The van der Waals surface area contributed by atoms with E-state index in [-0.39, 0.29) is 18.2 Å². The Morgan fingerprint density at radius 1 is 1.14 bits per heavy atom. The standard InChI is InChI=1S/C20H18N2O5S/c1-2-21(12-14-6-4-3-5-7-14)19(23)13-27-20(24)18-11-15-10-16(22(25)26)8-9-17(15)28-18/h3-11H,2,12-13H2,1H3. The Morgan fingerprint density at radius 3 is 2.57 bits per heavy atom. The third kappa shape index (κ3) is 4.52. The molecule has 0 N–H and O–H groups in total. The van der Waals surface area contributed by atoms with Crippen LogP contribution in [0.5, 0.6) is 0 Å². The van der Waals surface area contributed by atoms with Crippen LogP contribution in [0.15, 0.2) is 54.6 Å². The van der Waals surface area contributed by atoms with E-state index in [2.05, 4.69) is 0 Å². The summed E-state index contributed by atoms with van der Waals surface area (Å²) in [5.74, 6) is -0.899. The summed E-state index contributed by atoms with van der Waals surface area (Å²) >= 11 is 1.17. The molecule has 0 fully saturated rings. The number of benzene rings is 2. The van der Waals surface area contributed by atoms with Gasteiger partial charge in [-0.25, -0.2) is 4.79 Å². The summed E-state index contributed by atoms with van der Waals surface area (Å²) in [6.45, 7) is 2.45. The molecule has 1 amide bonds. The second-order valence-corrected chi connectivity index (χ2v) is 7.14.